The van der Waals surface area contributed by atoms with Gasteiger partial charge in [0.25, 0.3) is 0 Å². The van der Waals surface area contributed by atoms with Crippen LogP contribution in [0.2, 0.25) is 10.3 Å². The summed E-state index contributed by atoms with van der Waals surface area (Å²) in [6, 6.07) is 2.41. The normalized spacial score (nSPS) is 27.3. The molecule has 1 heterocycles. The summed E-state index contributed by atoms with van der Waals surface area (Å²) in [6.07, 6.45) is 8.15. The van der Waals surface area contributed by atoms with Crippen molar-refractivity contribution in [1.29, 1.82) is 0 Å². The van der Waals surface area contributed by atoms with Crippen molar-refractivity contribution < 1.29 is 0 Å². The molecule has 0 radical (unpaired) electrons. The van der Waals surface area contributed by atoms with Crippen LogP contribution in [-0.4, -0.2) is 11.0 Å². The molecular formula is C15H20Cl2N2. The molecular weight excluding hydrogens is 279 g/mol. The summed E-state index contributed by atoms with van der Waals surface area (Å²) in [6.45, 7) is 2.03. The van der Waals surface area contributed by atoms with Crippen LogP contribution in [0, 0.1) is 18.8 Å². The maximum Gasteiger partial charge on any atom is 0.154 e. The Morgan fingerprint density at radius 1 is 1.16 bits per heavy atom. The number of rotatable bonds is 3. The molecule has 0 amide bonds. The maximum absolute atomic E-state index is 6.21. The fourth-order valence-corrected chi connectivity index (χ4v) is 3.91. The highest BCUT2D eigenvalue weighted by atomic mass is 35.5. The Bertz CT molecular complexity index is 448. The number of hydrogen-bond donors (Lipinski definition) is 1. The molecule has 2 nitrogen and oxygen atoms in total. The van der Waals surface area contributed by atoms with Gasteiger partial charge >= 0.3 is 0 Å². The second-order valence-electron chi connectivity index (χ2n) is 6.03. The smallest absolute Gasteiger partial charge is 0.154 e. The van der Waals surface area contributed by atoms with Crippen LogP contribution >= 0.6 is 23.2 Å². The first-order valence-corrected chi connectivity index (χ1v) is 7.98. The van der Waals surface area contributed by atoms with Crippen LogP contribution in [0.5, 0.6) is 0 Å². The molecule has 0 aliphatic heterocycles. The monoisotopic (exact) mass is 298 g/mol. The van der Waals surface area contributed by atoms with E-state index in [0.29, 0.717) is 16.3 Å². The van der Waals surface area contributed by atoms with Crippen molar-refractivity contribution in [3.05, 3.63) is 21.9 Å². The molecule has 2 fully saturated rings. The first kappa shape index (κ1) is 13.5. The van der Waals surface area contributed by atoms with Crippen LogP contribution in [0.4, 0.5) is 5.69 Å². The molecule has 1 N–H and O–H groups in total. The zero-order valence-corrected chi connectivity index (χ0v) is 12.8. The Labute approximate surface area is 124 Å². The summed E-state index contributed by atoms with van der Waals surface area (Å²) < 4.78 is 0. The van der Waals surface area contributed by atoms with E-state index in [9.17, 15) is 0 Å². The molecule has 2 unspecified atom stereocenters. The molecule has 2 aliphatic carbocycles. The number of aromatic nitrogens is 1. The van der Waals surface area contributed by atoms with Crippen molar-refractivity contribution in [1.82, 2.24) is 4.98 Å². The van der Waals surface area contributed by atoms with E-state index in [4.69, 9.17) is 23.2 Å². The molecule has 4 heteroatoms. The van der Waals surface area contributed by atoms with E-state index in [2.05, 4.69) is 10.3 Å². The third-order valence-corrected chi connectivity index (χ3v) is 4.96. The lowest BCUT2D eigenvalue weighted by Crippen LogP contribution is -2.28. The van der Waals surface area contributed by atoms with Gasteiger partial charge in [-0.05, 0) is 56.1 Å². The van der Waals surface area contributed by atoms with E-state index in [-0.39, 0.29) is 0 Å². The van der Waals surface area contributed by atoms with Gasteiger partial charge in [-0.1, -0.05) is 36.0 Å². The third-order valence-electron chi connectivity index (χ3n) is 4.49. The van der Waals surface area contributed by atoms with Crippen molar-refractivity contribution in [3.63, 3.8) is 0 Å². The summed E-state index contributed by atoms with van der Waals surface area (Å²) in [5.41, 5.74) is 2.05. The molecule has 2 saturated carbocycles. The molecule has 3 rings (SSSR count). The molecule has 0 saturated heterocycles. The van der Waals surface area contributed by atoms with Crippen LogP contribution in [0.1, 0.15) is 44.1 Å². The number of halogens is 2. The molecule has 19 heavy (non-hydrogen) atoms. The lowest BCUT2D eigenvalue weighted by Gasteiger charge is -2.31. The minimum absolute atomic E-state index is 0.465. The Morgan fingerprint density at radius 3 is 2.63 bits per heavy atom. The van der Waals surface area contributed by atoms with Gasteiger partial charge in [0.15, 0.2) is 5.15 Å². The minimum Gasteiger partial charge on any atom is -0.380 e. The predicted octanol–water partition coefficient (Wildman–Crippen LogP) is 5.08. The molecule has 2 atom stereocenters. The first-order chi connectivity index (χ1) is 9.13. The van der Waals surface area contributed by atoms with Crippen LogP contribution in [0.3, 0.4) is 0 Å². The first-order valence-electron chi connectivity index (χ1n) is 7.22. The Balaban J connectivity index is 1.70. The minimum atomic E-state index is 0.465. The molecule has 0 bridgehead atoms. The SMILES string of the molecule is Cc1cc(Cl)nc(Cl)c1NC1CCCC(C2CC2)C1. The fraction of sp³-hybridized carbons (Fsp3) is 0.667. The van der Waals surface area contributed by atoms with Crippen molar-refractivity contribution >= 4 is 28.9 Å². The third kappa shape index (κ3) is 3.17. The van der Waals surface area contributed by atoms with Crippen LogP contribution in [-0.2, 0) is 0 Å². The number of nitrogens with zero attached hydrogens (tertiary/aromatic N) is 1. The van der Waals surface area contributed by atoms with Crippen molar-refractivity contribution in [2.24, 2.45) is 11.8 Å². The van der Waals surface area contributed by atoms with E-state index >= 15 is 0 Å². The topological polar surface area (TPSA) is 24.9 Å². The number of hydrogen-bond acceptors (Lipinski definition) is 2. The number of aryl methyl sites for hydroxylation is 1. The van der Waals surface area contributed by atoms with Crippen molar-refractivity contribution in [2.75, 3.05) is 5.32 Å². The zero-order valence-electron chi connectivity index (χ0n) is 11.3. The van der Waals surface area contributed by atoms with E-state index < -0.39 is 0 Å². The van der Waals surface area contributed by atoms with E-state index in [1.807, 2.05) is 13.0 Å². The summed E-state index contributed by atoms with van der Waals surface area (Å²) in [5, 5.41) is 4.57. The van der Waals surface area contributed by atoms with Gasteiger partial charge in [-0.2, -0.15) is 0 Å². The standard InChI is InChI=1S/C15H20Cl2N2/c1-9-7-13(16)19-15(17)14(9)18-12-4-2-3-11(8-12)10-5-6-10/h7,10-12,18H,2-6,8H2,1H3. The largest absolute Gasteiger partial charge is 0.380 e. The summed E-state index contributed by atoms with van der Waals surface area (Å²) >= 11 is 12.1. The quantitative estimate of drug-likeness (QED) is 0.787. The van der Waals surface area contributed by atoms with Gasteiger partial charge in [0.2, 0.25) is 0 Å². The van der Waals surface area contributed by atoms with Gasteiger partial charge in [-0.15, -0.1) is 0 Å². The summed E-state index contributed by atoms with van der Waals surface area (Å²) in [5.74, 6) is 1.93. The molecule has 0 aromatic carbocycles. The Morgan fingerprint density at radius 2 is 1.95 bits per heavy atom. The van der Waals surface area contributed by atoms with Crippen LogP contribution in [0.25, 0.3) is 0 Å². The van der Waals surface area contributed by atoms with Crippen molar-refractivity contribution in [3.8, 4) is 0 Å². The summed E-state index contributed by atoms with van der Waals surface area (Å²) in [4.78, 5) is 4.13. The second-order valence-corrected chi connectivity index (χ2v) is 6.78. The highest BCUT2D eigenvalue weighted by molar-refractivity contribution is 6.34. The van der Waals surface area contributed by atoms with Gasteiger partial charge in [0.1, 0.15) is 5.15 Å². The zero-order chi connectivity index (χ0) is 13.4. The average Bonchev–Trinajstić information content (AvgIpc) is 3.18. The molecule has 104 valence electrons. The molecule has 1 aromatic rings. The molecule has 1 aromatic heterocycles. The Kier molecular flexibility index (Phi) is 3.91. The van der Waals surface area contributed by atoms with Crippen LogP contribution in [0.15, 0.2) is 6.07 Å². The summed E-state index contributed by atoms with van der Waals surface area (Å²) in [7, 11) is 0. The number of anilines is 1. The lowest BCUT2D eigenvalue weighted by molar-refractivity contribution is 0.303. The van der Waals surface area contributed by atoms with Gasteiger partial charge < -0.3 is 5.32 Å². The van der Waals surface area contributed by atoms with E-state index in [1.54, 1.807) is 0 Å². The van der Waals surface area contributed by atoms with E-state index in [1.165, 1.54) is 38.5 Å². The molecule has 0 spiro atoms. The van der Waals surface area contributed by atoms with Gasteiger partial charge in [0.05, 0.1) is 5.69 Å². The van der Waals surface area contributed by atoms with Gasteiger partial charge in [-0.3, -0.25) is 0 Å². The Hall–Kier alpha value is -0.470. The van der Waals surface area contributed by atoms with E-state index in [0.717, 1.165) is 23.1 Å². The fourth-order valence-electron chi connectivity index (χ4n) is 3.33. The van der Waals surface area contributed by atoms with Crippen molar-refractivity contribution in [2.45, 2.75) is 51.5 Å². The lowest BCUT2D eigenvalue weighted by atomic mass is 9.82. The van der Waals surface area contributed by atoms with Gasteiger partial charge in [-0.25, -0.2) is 4.98 Å². The molecule has 2 aliphatic rings. The number of pyridine rings is 1. The maximum atomic E-state index is 6.21. The predicted molar refractivity (Wildman–Crippen MR) is 81.1 cm³/mol. The average molecular weight is 299 g/mol. The van der Waals surface area contributed by atoms with Gasteiger partial charge in [0, 0.05) is 6.04 Å². The second kappa shape index (κ2) is 5.49. The highest BCUT2D eigenvalue weighted by Crippen LogP contribution is 2.44. The number of nitrogens with one attached hydrogen (secondary N) is 1. The van der Waals surface area contributed by atoms with Crippen LogP contribution < -0.4 is 5.32 Å². The highest BCUT2D eigenvalue weighted by Gasteiger charge is 2.34.